The van der Waals surface area contributed by atoms with Crippen LogP contribution < -0.4 is 5.73 Å². The summed E-state index contributed by atoms with van der Waals surface area (Å²) in [4.78, 5) is 2.11. The van der Waals surface area contributed by atoms with E-state index in [1.165, 1.54) is 0 Å². The second kappa shape index (κ2) is 6.63. The fourth-order valence-corrected chi connectivity index (χ4v) is 1.13. The van der Waals surface area contributed by atoms with Crippen LogP contribution in [0.3, 0.4) is 0 Å². The number of likely N-dealkylation sites (N-methyl/N-ethyl adjacent to an activating group) is 1. The highest BCUT2D eigenvalue weighted by molar-refractivity contribution is 5.79. The van der Waals surface area contributed by atoms with E-state index in [-0.39, 0.29) is 18.0 Å². The van der Waals surface area contributed by atoms with Gasteiger partial charge in [0.1, 0.15) is 5.84 Å². The Hall–Kier alpha value is -0.810. The van der Waals surface area contributed by atoms with E-state index in [9.17, 15) is 0 Å². The lowest BCUT2D eigenvalue weighted by Crippen LogP contribution is -2.44. The molecule has 0 unspecified atom stereocenters. The van der Waals surface area contributed by atoms with Crippen molar-refractivity contribution in [2.45, 2.75) is 38.6 Å². The molecule has 90 valence electrons. The van der Waals surface area contributed by atoms with Crippen LogP contribution in [0.2, 0.25) is 0 Å². The predicted octanol–water partition coefficient (Wildman–Crippen LogP) is 0.606. The first-order chi connectivity index (χ1) is 6.94. The van der Waals surface area contributed by atoms with Crippen molar-refractivity contribution in [1.29, 1.82) is 0 Å². The second-order valence-electron chi connectivity index (χ2n) is 4.44. The minimum Gasteiger partial charge on any atom is -0.409 e. The van der Waals surface area contributed by atoms with Gasteiger partial charge >= 0.3 is 0 Å². The number of aliphatic hydroxyl groups excluding tert-OH is 1. The zero-order valence-electron chi connectivity index (χ0n) is 9.90. The molecule has 0 fully saturated rings. The zero-order valence-corrected chi connectivity index (χ0v) is 9.90. The number of amidine groups is 1. The third-order valence-corrected chi connectivity index (χ3v) is 2.73. The monoisotopic (exact) mass is 217 g/mol. The van der Waals surface area contributed by atoms with Crippen molar-refractivity contribution in [3.63, 3.8) is 0 Å². The molecule has 0 amide bonds. The smallest absolute Gasteiger partial charge is 0.139 e. The summed E-state index contributed by atoms with van der Waals surface area (Å²) in [6.45, 7) is 5.03. The molecule has 0 saturated carbocycles. The summed E-state index contributed by atoms with van der Waals surface area (Å²) in [6.07, 6.45) is 2.47. The maximum Gasteiger partial charge on any atom is 0.139 e. The van der Waals surface area contributed by atoms with Gasteiger partial charge in [0.25, 0.3) is 0 Å². The summed E-state index contributed by atoms with van der Waals surface area (Å²) < 4.78 is 0. The van der Waals surface area contributed by atoms with Gasteiger partial charge in [0, 0.05) is 12.0 Å². The lowest BCUT2D eigenvalue weighted by Gasteiger charge is -2.33. The van der Waals surface area contributed by atoms with Crippen LogP contribution in [0.15, 0.2) is 5.16 Å². The Labute approximate surface area is 91.6 Å². The molecule has 0 heterocycles. The Morgan fingerprint density at radius 3 is 2.47 bits per heavy atom. The minimum absolute atomic E-state index is 0.143. The van der Waals surface area contributed by atoms with Crippen LogP contribution >= 0.6 is 0 Å². The molecule has 4 N–H and O–H groups in total. The molecule has 0 aromatic rings. The third kappa shape index (κ3) is 5.59. The van der Waals surface area contributed by atoms with E-state index in [0.29, 0.717) is 6.42 Å². The highest BCUT2D eigenvalue weighted by Crippen LogP contribution is 2.12. The average Bonchev–Trinajstić information content (AvgIpc) is 2.23. The molecule has 0 spiro atoms. The molecule has 0 aliphatic rings. The van der Waals surface area contributed by atoms with E-state index >= 15 is 0 Å². The van der Waals surface area contributed by atoms with Gasteiger partial charge in [0.05, 0.1) is 6.61 Å². The topological polar surface area (TPSA) is 82.1 Å². The molecule has 0 radical (unpaired) electrons. The molecule has 0 aromatic heterocycles. The lowest BCUT2D eigenvalue weighted by atomic mass is 10.0. The summed E-state index contributed by atoms with van der Waals surface area (Å²) in [5.74, 6) is 0.277. The van der Waals surface area contributed by atoms with Crippen LogP contribution in [-0.2, 0) is 0 Å². The van der Waals surface area contributed by atoms with Gasteiger partial charge in [-0.15, -0.1) is 0 Å². The van der Waals surface area contributed by atoms with Gasteiger partial charge in [-0.25, -0.2) is 0 Å². The standard InChI is InChI=1S/C10H23N3O2/c1-10(2,8-14)13(3)7-5-4-6-9(11)12-15/h14-15H,4-8H2,1-3H3,(H2,11,12). The summed E-state index contributed by atoms with van der Waals surface area (Å²) in [7, 11) is 1.99. The van der Waals surface area contributed by atoms with Crippen molar-refractivity contribution in [3.05, 3.63) is 0 Å². The minimum atomic E-state index is -0.184. The van der Waals surface area contributed by atoms with E-state index in [4.69, 9.17) is 16.0 Å². The van der Waals surface area contributed by atoms with Gasteiger partial charge in [0.2, 0.25) is 0 Å². The molecule has 0 saturated heterocycles. The zero-order chi connectivity index (χ0) is 11.9. The molecule has 0 aliphatic carbocycles. The molecular formula is C10H23N3O2. The van der Waals surface area contributed by atoms with E-state index in [0.717, 1.165) is 19.4 Å². The molecule has 0 atom stereocenters. The number of hydrogen-bond acceptors (Lipinski definition) is 4. The van der Waals surface area contributed by atoms with Crippen molar-refractivity contribution in [2.24, 2.45) is 10.9 Å². The van der Waals surface area contributed by atoms with E-state index in [1.54, 1.807) is 0 Å². The Balaban J connectivity index is 3.69. The maximum absolute atomic E-state index is 9.13. The highest BCUT2D eigenvalue weighted by atomic mass is 16.4. The Bertz CT molecular complexity index is 205. The van der Waals surface area contributed by atoms with Crippen LogP contribution in [-0.4, -0.2) is 46.8 Å². The first kappa shape index (κ1) is 14.2. The van der Waals surface area contributed by atoms with Gasteiger partial charge in [-0.2, -0.15) is 0 Å². The number of nitrogens with two attached hydrogens (primary N) is 1. The molecule has 0 aliphatic heterocycles. The average molecular weight is 217 g/mol. The summed E-state index contributed by atoms with van der Waals surface area (Å²) >= 11 is 0. The van der Waals surface area contributed by atoms with E-state index in [1.807, 2.05) is 20.9 Å². The van der Waals surface area contributed by atoms with Crippen molar-refractivity contribution in [3.8, 4) is 0 Å². The van der Waals surface area contributed by atoms with Gasteiger partial charge < -0.3 is 16.0 Å². The van der Waals surface area contributed by atoms with Gasteiger partial charge in [-0.1, -0.05) is 5.16 Å². The summed E-state index contributed by atoms with van der Waals surface area (Å²) in [5, 5.41) is 20.4. The fourth-order valence-electron chi connectivity index (χ4n) is 1.13. The van der Waals surface area contributed by atoms with Crippen molar-refractivity contribution < 1.29 is 10.3 Å². The maximum atomic E-state index is 9.13. The third-order valence-electron chi connectivity index (χ3n) is 2.73. The summed E-state index contributed by atoms with van der Waals surface area (Å²) in [6, 6.07) is 0. The van der Waals surface area contributed by atoms with Gasteiger partial charge in [-0.3, -0.25) is 4.90 Å². The predicted molar refractivity (Wildman–Crippen MR) is 61.1 cm³/mol. The lowest BCUT2D eigenvalue weighted by molar-refractivity contribution is 0.0779. The SMILES string of the molecule is CN(CCCCC(N)=NO)C(C)(C)CO. The van der Waals surface area contributed by atoms with Crippen LogP contribution in [0.25, 0.3) is 0 Å². The first-order valence-electron chi connectivity index (χ1n) is 5.22. The van der Waals surface area contributed by atoms with Crippen LogP contribution in [0.5, 0.6) is 0 Å². The molecule has 15 heavy (non-hydrogen) atoms. The van der Waals surface area contributed by atoms with E-state index < -0.39 is 0 Å². The highest BCUT2D eigenvalue weighted by Gasteiger charge is 2.21. The fraction of sp³-hybridized carbons (Fsp3) is 0.900. The van der Waals surface area contributed by atoms with Gasteiger partial charge in [0.15, 0.2) is 0 Å². The number of hydrogen-bond donors (Lipinski definition) is 3. The molecular weight excluding hydrogens is 194 g/mol. The molecule has 0 bridgehead atoms. The molecule has 0 rings (SSSR count). The van der Waals surface area contributed by atoms with Crippen molar-refractivity contribution in [2.75, 3.05) is 20.2 Å². The Kier molecular flexibility index (Phi) is 6.27. The second-order valence-corrected chi connectivity index (χ2v) is 4.44. The van der Waals surface area contributed by atoms with Crippen molar-refractivity contribution in [1.82, 2.24) is 4.90 Å². The van der Waals surface area contributed by atoms with Crippen LogP contribution in [0, 0.1) is 0 Å². The van der Waals surface area contributed by atoms with Gasteiger partial charge in [-0.05, 0) is 40.3 Å². The number of nitrogens with zero attached hydrogens (tertiary/aromatic N) is 2. The number of rotatable bonds is 7. The quantitative estimate of drug-likeness (QED) is 0.192. The van der Waals surface area contributed by atoms with E-state index in [2.05, 4.69) is 10.1 Å². The normalized spacial score (nSPS) is 13.5. The van der Waals surface area contributed by atoms with Crippen LogP contribution in [0.4, 0.5) is 0 Å². The largest absolute Gasteiger partial charge is 0.409 e. The number of oxime groups is 1. The molecule has 5 nitrogen and oxygen atoms in total. The molecule has 0 aromatic carbocycles. The molecule has 5 heteroatoms. The Morgan fingerprint density at radius 1 is 1.40 bits per heavy atom. The number of aliphatic hydroxyl groups is 1. The number of unbranched alkanes of at least 4 members (excludes halogenated alkanes) is 1. The Morgan fingerprint density at radius 2 is 2.00 bits per heavy atom. The van der Waals surface area contributed by atoms with Crippen LogP contribution in [0.1, 0.15) is 33.1 Å². The van der Waals surface area contributed by atoms with Crippen molar-refractivity contribution >= 4 is 5.84 Å². The summed E-state index contributed by atoms with van der Waals surface area (Å²) in [5.41, 5.74) is 5.16. The first-order valence-corrected chi connectivity index (χ1v) is 5.22.